The van der Waals surface area contributed by atoms with Crippen molar-refractivity contribution < 1.29 is 4.79 Å². The SMILES string of the molecule is CCC(CC)CNC(=O)c1ccc(Br)c(Cl)c1. The third-order valence-electron chi connectivity index (χ3n) is 2.89. The smallest absolute Gasteiger partial charge is 0.251 e. The highest BCUT2D eigenvalue weighted by Crippen LogP contribution is 2.23. The quantitative estimate of drug-likeness (QED) is 0.863. The van der Waals surface area contributed by atoms with Crippen LogP contribution in [0.2, 0.25) is 5.02 Å². The fraction of sp³-hybridized carbons (Fsp3) is 0.462. The first-order valence-corrected chi connectivity index (χ1v) is 6.98. The van der Waals surface area contributed by atoms with Gasteiger partial charge in [0.1, 0.15) is 0 Å². The highest BCUT2D eigenvalue weighted by molar-refractivity contribution is 9.10. The Hall–Kier alpha value is -0.540. The maximum atomic E-state index is 11.9. The van der Waals surface area contributed by atoms with Gasteiger partial charge in [0.15, 0.2) is 0 Å². The molecule has 0 saturated heterocycles. The van der Waals surface area contributed by atoms with Crippen LogP contribution in [0.15, 0.2) is 22.7 Å². The molecule has 4 heteroatoms. The van der Waals surface area contributed by atoms with Crippen LogP contribution in [0.1, 0.15) is 37.0 Å². The van der Waals surface area contributed by atoms with Crippen molar-refractivity contribution in [3.05, 3.63) is 33.3 Å². The zero-order chi connectivity index (χ0) is 12.8. The van der Waals surface area contributed by atoms with Crippen molar-refractivity contribution >= 4 is 33.4 Å². The molecule has 1 rings (SSSR count). The lowest BCUT2D eigenvalue weighted by Gasteiger charge is -2.13. The predicted molar refractivity (Wildman–Crippen MR) is 75.6 cm³/mol. The van der Waals surface area contributed by atoms with Gasteiger partial charge in [-0.1, -0.05) is 38.3 Å². The normalized spacial score (nSPS) is 10.6. The van der Waals surface area contributed by atoms with E-state index in [1.807, 2.05) is 0 Å². The van der Waals surface area contributed by atoms with E-state index in [1.54, 1.807) is 18.2 Å². The summed E-state index contributed by atoms with van der Waals surface area (Å²) in [5.74, 6) is 0.483. The fourth-order valence-corrected chi connectivity index (χ4v) is 1.98. The number of halogens is 2. The summed E-state index contributed by atoms with van der Waals surface area (Å²) in [4.78, 5) is 11.9. The zero-order valence-electron chi connectivity index (χ0n) is 10.1. The maximum Gasteiger partial charge on any atom is 0.251 e. The number of benzene rings is 1. The second-order valence-corrected chi connectivity index (χ2v) is 5.28. The number of nitrogens with one attached hydrogen (secondary N) is 1. The summed E-state index contributed by atoms with van der Waals surface area (Å²) >= 11 is 9.25. The number of carbonyl (C=O) groups excluding carboxylic acids is 1. The zero-order valence-corrected chi connectivity index (χ0v) is 12.4. The summed E-state index contributed by atoms with van der Waals surface area (Å²) < 4.78 is 0.802. The topological polar surface area (TPSA) is 29.1 Å². The van der Waals surface area contributed by atoms with E-state index >= 15 is 0 Å². The van der Waals surface area contributed by atoms with Gasteiger partial charge >= 0.3 is 0 Å². The van der Waals surface area contributed by atoms with E-state index in [2.05, 4.69) is 35.1 Å². The van der Waals surface area contributed by atoms with Crippen molar-refractivity contribution in [1.82, 2.24) is 5.32 Å². The van der Waals surface area contributed by atoms with Gasteiger partial charge in [-0.25, -0.2) is 0 Å². The van der Waals surface area contributed by atoms with E-state index in [-0.39, 0.29) is 5.91 Å². The molecule has 0 aliphatic carbocycles. The standard InChI is InChI=1S/C13H17BrClNO/c1-3-9(4-2)8-16-13(17)10-5-6-11(14)12(15)7-10/h5-7,9H,3-4,8H2,1-2H3,(H,16,17). The molecular weight excluding hydrogens is 302 g/mol. The van der Waals surface area contributed by atoms with Gasteiger partial charge in [0.25, 0.3) is 5.91 Å². The van der Waals surface area contributed by atoms with Crippen LogP contribution in [-0.2, 0) is 0 Å². The number of hydrogen-bond donors (Lipinski definition) is 1. The van der Waals surface area contributed by atoms with E-state index in [1.165, 1.54) is 0 Å². The Labute approximate surface area is 116 Å². The summed E-state index contributed by atoms with van der Waals surface area (Å²) in [6, 6.07) is 5.22. The van der Waals surface area contributed by atoms with Gasteiger partial charge in [-0.3, -0.25) is 4.79 Å². The number of hydrogen-bond acceptors (Lipinski definition) is 1. The summed E-state index contributed by atoms with van der Waals surface area (Å²) in [7, 11) is 0. The third kappa shape index (κ3) is 4.32. The summed E-state index contributed by atoms with van der Waals surface area (Å²) in [5.41, 5.74) is 0.601. The Bertz CT molecular complexity index is 391. The molecule has 0 bridgehead atoms. The highest BCUT2D eigenvalue weighted by Gasteiger charge is 2.09. The molecule has 94 valence electrons. The summed E-state index contributed by atoms with van der Waals surface area (Å²) in [5, 5.41) is 3.49. The molecule has 1 aromatic rings. The van der Waals surface area contributed by atoms with Crippen LogP contribution in [-0.4, -0.2) is 12.5 Å². The van der Waals surface area contributed by atoms with Crippen molar-refractivity contribution in [2.75, 3.05) is 6.54 Å². The van der Waals surface area contributed by atoms with Gasteiger partial charge in [-0.2, -0.15) is 0 Å². The van der Waals surface area contributed by atoms with Crippen molar-refractivity contribution in [2.24, 2.45) is 5.92 Å². The molecule has 17 heavy (non-hydrogen) atoms. The first-order valence-electron chi connectivity index (χ1n) is 5.81. The van der Waals surface area contributed by atoms with E-state index < -0.39 is 0 Å². The molecule has 0 saturated carbocycles. The minimum Gasteiger partial charge on any atom is -0.352 e. The van der Waals surface area contributed by atoms with Gasteiger partial charge in [-0.15, -0.1) is 0 Å². The summed E-state index contributed by atoms with van der Waals surface area (Å²) in [6.45, 7) is 4.99. The molecule has 0 aliphatic rings. The predicted octanol–water partition coefficient (Wildman–Crippen LogP) is 4.27. The Morgan fingerprint density at radius 2 is 2.06 bits per heavy atom. The van der Waals surface area contributed by atoms with Crippen molar-refractivity contribution in [1.29, 1.82) is 0 Å². The second kappa shape index (κ2) is 7.02. The molecule has 0 heterocycles. The number of rotatable bonds is 5. The maximum absolute atomic E-state index is 11.9. The van der Waals surface area contributed by atoms with E-state index in [4.69, 9.17) is 11.6 Å². The molecule has 0 unspecified atom stereocenters. The molecule has 0 radical (unpaired) electrons. The molecule has 2 nitrogen and oxygen atoms in total. The van der Waals surface area contributed by atoms with Gasteiger partial charge in [0, 0.05) is 16.6 Å². The van der Waals surface area contributed by atoms with Crippen LogP contribution in [0.25, 0.3) is 0 Å². The van der Waals surface area contributed by atoms with E-state index in [0.717, 1.165) is 23.9 Å². The molecule has 0 aromatic heterocycles. The molecular formula is C13H17BrClNO. The minimum absolute atomic E-state index is 0.0636. The number of amides is 1. The Balaban J connectivity index is 2.61. The Kier molecular flexibility index (Phi) is 6.00. The Morgan fingerprint density at radius 1 is 1.41 bits per heavy atom. The van der Waals surface area contributed by atoms with E-state index in [0.29, 0.717) is 16.5 Å². The largest absolute Gasteiger partial charge is 0.352 e. The van der Waals surface area contributed by atoms with Crippen LogP contribution in [0.5, 0.6) is 0 Å². The van der Waals surface area contributed by atoms with E-state index in [9.17, 15) is 4.79 Å². The van der Waals surface area contributed by atoms with Gasteiger partial charge < -0.3 is 5.32 Å². The first-order chi connectivity index (χ1) is 8.08. The molecule has 0 atom stereocenters. The van der Waals surface area contributed by atoms with Crippen LogP contribution in [0.3, 0.4) is 0 Å². The fourth-order valence-electron chi connectivity index (χ4n) is 1.55. The first kappa shape index (κ1) is 14.5. The van der Waals surface area contributed by atoms with Crippen LogP contribution < -0.4 is 5.32 Å². The molecule has 1 N–H and O–H groups in total. The lowest BCUT2D eigenvalue weighted by atomic mass is 10.0. The van der Waals surface area contributed by atoms with Gasteiger partial charge in [-0.05, 0) is 40.0 Å². The molecule has 1 aromatic carbocycles. The Morgan fingerprint density at radius 3 is 2.59 bits per heavy atom. The lowest BCUT2D eigenvalue weighted by Crippen LogP contribution is -2.28. The monoisotopic (exact) mass is 317 g/mol. The molecule has 1 amide bonds. The van der Waals surface area contributed by atoms with Crippen molar-refractivity contribution in [3.63, 3.8) is 0 Å². The third-order valence-corrected chi connectivity index (χ3v) is 4.12. The average Bonchev–Trinajstić information content (AvgIpc) is 2.33. The molecule has 0 spiro atoms. The van der Waals surface area contributed by atoms with Crippen LogP contribution in [0.4, 0.5) is 0 Å². The van der Waals surface area contributed by atoms with Crippen molar-refractivity contribution in [3.8, 4) is 0 Å². The van der Waals surface area contributed by atoms with Crippen LogP contribution >= 0.6 is 27.5 Å². The summed E-state index contributed by atoms with van der Waals surface area (Å²) in [6.07, 6.45) is 2.16. The van der Waals surface area contributed by atoms with Gasteiger partial charge in [0.2, 0.25) is 0 Å². The van der Waals surface area contributed by atoms with Crippen molar-refractivity contribution in [2.45, 2.75) is 26.7 Å². The highest BCUT2D eigenvalue weighted by atomic mass is 79.9. The van der Waals surface area contributed by atoms with Gasteiger partial charge in [0.05, 0.1) is 5.02 Å². The lowest BCUT2D eigenvalue weighted by molar-refractivity contribution is 0.0946. The molecule has 0 aliphatic heterocycles. The second-order valence-electron chi connectivity index (χ2n) is 4.02. The minimum atomic E-state index is -0.0636. The number of carbonyl (C=O) groups is 1. The molecule has 0 fully saturated rings. The average molecular weight is 319 g/mol. The van der Waals surface area contributed by atoms with Crippen LogP contribution in [0, 0.1) is 5.92 Å².